The second-order valence-electron chi connectivity index (χ2n) is 8.16. The SMILES string of the molecule is C=CC[C@H](CC(C)(C)C)S(=O)c1nc2ccccc2n1Cc1ccccc1. The smallest absolute Gasteiger partial charge is 0.200 e. The minimum Gasteiger partial charge on any atom is -0.312 e. The van der Waals surface area contributed by atoms with Crippen LogP contribution in [0, 0.1) is 5.41 Å². The van der Waals surface area contributed by atoms with Crippen molar-refractivity contribution in [1.82, 2.24) is 9.55 Å². The van der Waals surface area contributed by atoms with Crippen LogP contribution in [0.25, 0.3) is 11.0 Å². The summed E-state index contributed by atoms with van der Waals surface area (Å²) in [6, 6.07) is 18.3. The minimum absolute atomic E-state index is 0.00818. The summed E-state index contributed by atoms with van der Waals surface area (Å²) in [5.74, 6) is 0. The lowest BCUT2D eigenvalue weighted by molar-refractivity contribution is 0.369. The van der Waals surface area contributed by atoms with E-state index in [-0.39, 0.29) is 10.7 Å². The molecule has 0 aliphatic carbocycles. The van der Waals surface area contributed by atoms with Crippen LogP contribution in [0.4, 0.5) is 0 Å². The van der Waals surface area contributed by atoms with Gasteiger partial charge in [0, 0.05) is 5.25 Å². The van der Waals surface area contributed by atoms with Crippen molar-refractivity contribution in [2.24, 2.45) is 5.41 Å². The summed E-state index contributed by atoms with van der Waals surface area (Å²) >= 11 is 0. The zero-order valence-electron chi connectivity index (χ0n) is 16.4. The van der Waals surface area contributed by atoms with Crippen LogP contribution in [0.5, 0.6) is 0 Å². The molecule has 0 radical (unpaired) electrons. The fraction of sp³-hybridized carbons (Fsp3) is 0.348. The van der Waals surface area contributed by atoms with E-state index in [9.17, 15) is 4.21 Å². The van der Waals surface area contributed by atoms with Crippen LogP contribution in [0.1, 0.15) is 39.2 Å². The summed E-state index contributed by atoms with van der Waals surface area (Å²) in [6.07, 6.45) is 3.46. The molecule has 0 N–H and O–H groups in total. The third-order valence-electron chi connectivity index (χ3n) is 4.56. The van der Waals surface area contributed by atoms with E-state index in [4.69, 9.17) is 4.98 Å². The van der Waals surface area contributed by atoms with Crippen LogP contribution in [0.15, 0.2) is 72.4 Å². The van der Waals surface area contributed by atoms with Gasteiger partial charge in [-0.25, -0.2) is 4.98 Å². The molecule has 0 saturated carbocycles. The van der Waals surface area contributed by atoms with Crippen LogP contribution in [0.3, 0.4) is 0 Å². The number of nitrogens with zero attached hydrogens (tertiary/aromatic N) is 2. The summed E-state index contributed by atoms with van der Waals surface area (Å²) in [5, 5.41) is 0.671. The molecule has 0 fully saturated rings. The topological polar surface area (TPSA) is 34.9 Å². The maximum Gasteiger partial charge on any atom is 0.200 e. The molecule has 0 aliphatic rings. The first kappa shape index (κ1) is 19.6. The van der Waals surface area contributed by atoms with E-state index in [1.165, 1.54) is 5.56 Å². The number of rotatable bonds is 7. The second kappa shape index (κ2) is 8.22. The molecule has 0 bridgehead atoms. The van der Waals surface area contributed by atoms with Gasteiger partial charge in [0.25, 0.3) is 0 Å². The van der Waals surface area contributed by atoms with Gasteiger partial charge in [0.05, 0.1) is 28.4 Å². The molecule has 4 heteroatoms. The Labute approximate surface area is 164 Å². The Balaban J connectivity index is 2.05. The highest BCUT2D eigenvalue weighted by atomic mass is 32.2. The molecule has 1 unspecified atom stereocenters. The maximum atomic E-state index is 13.6. The third kappa shape index (κ3) is 4.75. The number of hydrogen-bond acceptors (Lipinski definition) is 2. The zero-order chi connectivity index (χ0) is 19.4. The van der Waals surface area contributed by atoms with Crippen LogP contribution >= 0.6 is 0 Å². The molecule has 1 aromatic heterocycles. The van der Waals surface area contributed by atoms with Crippen molar-refractivity contribution in [2.45, 2.75) is 50.6 Å². The lowest BCUT2D eigenvalue weighted by Gasteiger charge is -2.24. The molecule has 27 heavy (non-hydrogen) atoms. The number of para-hydroxylation sites is 2. The fourth-order valence-electron chi connectivity index (χ4n) is 3.39. The van der Waals surface area contributed by atoms with Gasteiger partial charge in [-0.05, 0) is 36.0 Å². The largest absolute Gasteiger partial charge is 0.312 e. The van der Waals surface area contributed by atoms with Crippen molar-refractivity contribution < 1.29 is 4.21 Å². The van der Waals surface area contributed by atoms with E-state index >= 15 is 0 Å². The molecule has 0 spiro atoms. The van der Waals surface area contributed by atoms with Crippen molar-refractivity contribution in [3.8, 4) is 0 Å². The van der Waals surface area contributed by atoms with E-state index < -0.39 is 10.8 Å². The van der Waals surface area contributed by atoms with Gasteiger partial charge >= 0.3 is 0 Å². The molecule has 3 rings (SSSR count). The van der Waals surface area contributed by atoms with Gasteiger partial charge in [-0.1, -0.05) is 69.3 Å². The van der Waals surface area contributed by atoms with Crippen LogP contribution in [0.2, 0.25) is 0 Å². The van der Waals surface area contributed by atoms with Crippen molar-refractivity contribution in [2.75, 3.05) is 0 Å². The molecule has 0 aliphatic heterocycles. The average Bonchev–Trinajstić information content (AvgIpc) is 2.99. The number of aromatic nitrogens is 2. The van der Waals surface area contributed by atoms with E-state index in [1.54, 1.807) is 0 Å². The normalized spacial score (nSPS) is 14.2. The lowest BCUT2D eigenvalue weighted by atomic mass is 9.89. The predicted octanol–water partition coefficient (Wildman–Crippen LogP) is 5.57. The Bertz CT molecular complexity index is 938. The highest BCUT2D eigenvalue weighted by Crippen LogP contribution is 2.29. The Hall–Kier alpha value is -2.20. The first-order valence-corrected chi connectivity index (χ1v) is 10.6. The van der Waals surface area contributed by atoms with Gasteiger partial charge in [-0.2, -0.15) is 0 Å². The standard InChI is InChI=1S/C23H28N2OS/c1-5-11-19(16-23(2,3)4)27(26)22-24-20-14-9-10-15-21(20)25(22)17-18-12-7-6-8-13-18/h5-10,12-15,19H,1,11,16-17H2,2-4H3/t19-,27?/m1/s1. The van der Waals surface area contributed by atoms with Gasteiger partial charge < -0.3 is 4.57 Å². The van der Waals surface area contributed by atoms with Gasteiger partial charge in [0.15, 0.2) is 0 Å². The summed E-state index contributed by atoms with van der Waals surface area (Å²) in [7, 11) is -1.20. The highest BCUT2D eigenvalue weighted by Gasteiger charge is 2.27. The monoisotopic (exact) mass is 380 g/mol. The maximum absolute atomic E-state index is 13.6. The molecule has 0 saturated heterocycles. The second-order valence-corrected chi connectivity index (χ2v) is 9.79. The van der Waals surface area contributed by atoms with Crippen molar-refractivity contribution in [1.29, 1.82) is 0 Å². The minimum atomic E-state index is -1.20. The van der Waals surface area contributed by atoms with Gasteiger partial charge in [0.1, 0.15) is 0 Å². The number of fused-ring (bicyclic) bond motifs is 1. The highest BCUT2D eigenvalue weighted by molar-refractivity contribution is 7.85. The van der Waals surface area contributed by atoms with E-state index in [2.05, 4.69) is 50.1 Å². The first-order chi connectivity index (χ1) is 12.9. The molecule has 3 aromatic rings. The quantitative estimate of drug-likeness (QED) is 0.502. The van der Waals surface area contributed by atoms with Gasteiger partial charge in [0.2, 0.25) is 5.16 Å². The summed E-state index contributed by atoms with van der Waals surface area (Å²) in [6.45, 7) is 11.1. The molecular weight excluding hydrogens is 352 g/mol. The fourth-order valence-corrected chi connectivity index (χ4v) is 5.22. The van der Waals surface area contributed by atoms with Crippen molar-refractivity contribution in [3.63, 3.8) is 0 Å². The average molecular weight is 381 g/mol. The van der Waals surface area contributed by atoms with Crippen LogP contribution < -0.4 is 0 Å². The number of imidazole rings is 1. The Morgan fingerprint density at radius 3 is 2.44 bits per heavy atom. The molecule has 2 aromatic carbocycles. The predicted molar refractivity (Wildman–Crippen MR) is 114 cm³/mol. The van der Waals surface area contributed by atoms with Gasteiger partial charge in [-0.3, -0.25) is 4.21 Å². The molecule has 0 amide bonds. The Morgan fingerprint density at radius 1 is 1.11 bits per heavy atom. The molecular formula is C23H28N2OS. The zero-order valence-corrected chi connectivity index (χ0v) is 17.2. The van der Waals surface area contributed by atoms with E-state index in [0.29, 0.717) is 11.7 Å². The van der Waals surface area contributed by atoms with Crippen LogP contribution in [-0.2, 0) is 17.3 Å². The van der Waals surface area contributed by atoms with Gasteiger partial charge in [-0.15, -0.1) is 6.58 Å². The number of allylic oxidation sites excluding steroid dienone is 1. The first-order valence-electron chi connectivity index (χ1n) is 9.40. The summed E-state index contributed by atoms with van der Waals surface area (Å²) in [4.78, 5) is 4.77. The molecule has 3 nitrogen and oxygen atoms in total. The third-order valence-corrected chi connectivity index (χ3v) is 6.19. The number of hydrogen-bond donors (Lipinski definition) is 0. The van der Waals surface area contributed by atoms with E-state index in [0.717, 1.165) is 23.9 Å². The van der Waals surface area contributed by atoms with Crippen molar-refractivity contribution in [3.05, 3.63) is 72.8 Å². The Morgan fingerprint density at radius 2 is 1.78 bits per heavy atom. The molecule has 1 heterocycles. The van der Waals surface area contributed by atoms with Crippen LogP contribution in [-0.4, -0.2) is 19.0 Å². The van der Waals surface area contributed by atoms with E-state index in [1.807, 2.05) is 42.5 Å². The number of benzene rings is 2. The summed E-state index contributed by atoms with van der Waals surface area (Å²) < 4.78 is 15.7. The molecule has 2 atom stereocenters. The lowest BCUT2D eigenvalue weighted by Crippen LogP contribution is -2.24. The molecule has 142 valence electrons. The Kier molecular flexibility index (Phi) is 5.95. The summed E-state index contributed by atoms with van der Waals surface area (Å²) in [5.41, 5.74) is 3.19. The van der Waals surface area contributed by atoms with Crippen molar-refractivity contribution >= 4 is 21.8 Å².